The zero-order valence-corrected chi connectivity index (χ0v) is 14.7. The zero-order valence-electron chi connectivity index (χ0n) is 13.9. The maximum Gasteiger partial charge on any atom is 0.311 e. The number of ketones is 1. The Bertz CT molecular complexity index is 815. The number of amides is 1. The van der Waals surface area contributed by atoms with Crippen molar-refractivity contribution in [1.82, 2.24) is 4.90 Å². The molecular weight excluding hydrogens is 338 g/mol. The lowest BCUT2D eigenvalue weighted by atomic mass is 9.81. The summed E-state index contributed by atoms with van der Waals surface area (Å²) in [6.07, 6.45) is 1.18. The van der Waals surface area contributed by atoms with E-state index in [-0.39, 0.29) is 18.2 Å². The minimum atomic E-state index is -0.944. The molecule has 3 rings (SSSR count). The third-order valence-corrected chi connectivity index (χ3v) is 5.52. The average molecular weight is 357 g/mol. The molecule has 0 bridgehead atoms. The summed E-state index contributed by atoms with van der Waals surface area (Å²) >= 11 is 1.33. The fourth-order valence-corrected chi connectivity index (χ4v) is 3.84. The molecule has 1 aliphatic heterocycles. The molecule has 1 aromatic heterocycles. The molecule has 6 heteroatoms. The van der Waals surface area contributed by atoms with E-state index in [9.17, 15) is 19.5 Å². The van der Waals surface area contributed by atoms with Crippen LogP contribution in [0.25, 0.3) is 0 Å². The Balaban J connectivity index is 1.91. The van der Waals surface area contributed by atoms with Crippen LogP contribution >= 0.6 is 11.3 Å². The van der Waals surface area contributed by atoms with Crippen LogP contribution in [0.1, 0.15) is 45.4 Å². The molecule has 130 valence electrons. The van der Waals surface area contributed by atoms with Crippen LogP contribution in [-0.4, -0.2) is 40.8 Å². The molecule has 1 aliphatic rings. The van der Waals surface area contributed by atoms with Crippen LogP contribution < -0.4 is 0 Å². The fourth-order valence-electron chi connectivity index (χ4n) is 3.17. The number of carboxylic acid groups (broad SMARTS) is 1. The minimum absolute atomic E-state index is 0.155. The summed E-state index contributed by atoms with van der Waals surface area (Å²) in [5.74, 6) is -1.36. The van der Waals surface area contributed by atoms with Crippen LogP contribution in [0.4, 0.5) is 0 Å². The van der Waals surface area contributed by atoms with Gasteiger partial charge < -0.3 is 10.0 Å². The molecule has 0 saturated carbocycles. The van der Waals surface area contributed by atoms with Gasteiger partial charge in [-0.15, -0.1) is 11.3 Å². The molecule has 1 fully saturated rings. The second kappa shape index (κ2) is 6.80. The highest BCUT2D eigenvalue weighted by Gasteiger charge is 2.40. The zero-order chi connectivity index (χ0) is 18.0. The molecule has 5 nitrogen and oxygen atoms in total. The van der Waals surface area contributed by atoms with Crippen molar-refractivity contribution >= 4 is 29.0 Å². The first-order valence-electron chi connectivity index (χ1n) is 8.12. The fraction of sp³-hybridized carbons (Fsp3) is 0.316. The maximum absolute atomic E-state index is 13.0. The van der Waals surface area contributed by atoms with Crippen molar-refractivity contribution in [3.8, 4) is 0 Å². The summed E-state index contributed by atoms with van der Waals surface area (Å²) < 4.78 is 0. The van der Waals surface area contributed by atoms with Gasteiger partial charge in [-0.1, -0.05) is 24.3 Å². The number of piperidine rings is 1. The van der Waals surface area contributed by atoms with Gasteiger partial charge in [0.25, 0.3) is 5.91 Å². The van der Waals surface area contributed by atoms with E-state index in [1.165, 1.54) is 11.3 Å². The van der Waals surface area contributed by atoms with Crippen LogP contribution in [0, 0.1) is 5.41 Å². The molecule has 25 heavy (non-hydrogen) atoms. The third kappa shape index (κ3) is 3.35. The van der Waals surface area contributed by atoms with Crippen molar-refractivity contribution in [2.24, 2.45) is 5.41 Å². The quantitative estimate of drug-likeness (QED) is 0.852. The van der Waals surface area contributed by atoms with Crippen LogP contribution in [0.2, 0.25) is 0 Å². The van der Waals surface area contributed by atoms with Gasteiger partial charge in [0.1, 0.15) is 0 Å². The molecule has 1 unspecified atom stereocenters. The van der Waals surface area contributed by atoms with Crippen LogP contribution in [0.3, 0.4) is 0 Å². The number of nitrogens with zero attached hydrogens (tertiary/aromatic N) is 1. The van der Waals surface area contributed by atoms with E-state index >= 15 is 0 Å². The molecule has 0 aliphatic carbocycles. The number of carbonyl (C=O) groups is 3. The lowest BCUT2D eigenvalue weighted by Gasteiger charge is -2.37. The highest BCUT2D eigenvalue weighted by atomic mass is 32.1. The highest BCUT2D eigenvalue weighted by Crippen LogP contribution is 2.31. The molecular formula is C19H19NO4S. The third-order valence-electron chi connectivity index (χ3n) is 4.65. The number of thiophene rings is 1. The van der Waals surface area contributed by atoms with E-state index in [1.54, 1.807) is 48.2 Å². The van der Waals surface area contributed by atoms with Crippen molar-refractivity contribution in [3.63, 3.8) is 0 Å². The highest BCUT2D eigenvalue weighted by molar-refractivity contribution is 7.12. The van der Waals surface area contributed by atoms with Gasteiger partial charge in [-0.2, -0.15) is 0 Å². The SMILES string of the molecule is CC1(C(=O)O)CCCN(C(=O)c2ccccc2C(=O)c2cccs2)C1. The van der Waals surface area contributed by atoms with E-state index < -0.39 is 11.4 Å². The average Bonchev–Trinajstić information content (AvgIpc) is 3.15. The van der Waals surface area contributed by atoms with Crippen molar-refractivity contribution in [3.05, 3.63) is 57.8 Å². The lowest BCUT2D eigenvalue weighted by molar-refractivity contribution is -0.150. The molecule has 2 aromatic rings. The van der Waals surface area contributed by atoms with Gasteiger partial charge in [0.05, 0.1) is 15.9 Å². The minimum Gasteiger partial charge on any atom is -0.481 e. The van der Waals surface area contributed by atoms with Crippen molar-refractivity contribution in [2.45, 2.75) is 19.8 Å². The number of hydrogen-bond donors (Lipinski definition) is 1. The standard InChI is InChI=1S/C19H19NO4S/c1-19(18(23)24)9-5-10-20(12-19)17(22)14-7-3-2-6-13(14)16(21)15-8-4-11-25-15/h2-4,6-8,11H,5,9-10,12H2,1H3,(H,23,24). The smallest absolute Gasteiger partial charge is 0.311 e. The second-order valence-electron chi connectivity index (χ2n) is 6.55. The predicted octanol–water partition coefficient (Wildman–Crippen LogP) is 3.31. The Labute approximate surface area is 149 Å². The number of rotatable bonds is 4. The van der Waals surface area contributed by atoms with Crippen molar-refractivity contribution < 1.29 is 19.5 Å². The number of likely N-dealkylation sites (tertiary alicyclic amines) is 1. The van der Waals surface area contributed by atoms with E-state index in [0.29, 0.717) is 35.4 Å². The first-order valence-corrected chi connectivity index (χ1v) is 9.00. The normalized spacial score (nSPS) is 20.3. The molecule has 1 saturated heterocycles. The first-order chi connectivity index (χ1) is 11.9. The number of hydrogen-bond acceptors (Lipinski definition) is 4. The molecule has 1 aromatic carbocycles. The summed E-state index contributed by atoms with van der Waals surface area (Å²) in [6, 6.07) is 10.3. The van der Waals surface area contributed by atoms with Gasteiger partial charge in [0, 0.05) is 18.7 Å². The maximum atomic E-state index is 13.0. The Kier molecular flexibility index (Phi) is 4.72. The van der Waals surface area contributed by atoms with Crippen LogP contribution in [-0.2, 0) is 4.79 Å². The van der Waals surface area contributed by atoms with E-state index in [0.717, 1.165) is 0 Å². The monoisotopic (exact) mass is 357 g/mol. The summed E-state index contributed by atoms with van der Waals surface area (Å²) in [7, 11) is 0. The van der Waals surface area contributed by atoms with Gasteiger partial charge in [-0.25, -0.2) is 0 Å². The van der Waals surface area contributed by atoms with Crippen molar-refractivity contribution in [2.75, 3.05) is 13.1 Å². The molecule has 2 heterocycles. The Hall–Kier alpha value is -2.47. The summed E-state index contributed by atoms with van der Waals surface area (Å²) in [6.45, 7) is 2.32. The molecule has 1 atom stereocenters. The van der Waals surface area contributed by atoms with Crippen LogP contribution in [0.15, 0.2) is 41.8 Å². The van der Waals surface area contributed by atoms with Gasteiger partial charge >= 0.3 is 5.97 Å². The first kappa shape index (κ1) is 17.4. The Morgan fingerprint density at radius 1 is 1.12 bits per heavy atom. The van der Waals surface area contributed by atoms with E-state index in [1.807, 2.05) is 5.38 Å². The molecule has 0 radical (unpaired) electrons. The van der Waals surface area contributed by atoms with E-state index in [4.69, 9.17) is 0 Å². The summed E-state index contributed by atoms with van der Waals surface area (Å²) in [5, 5.41) is 11.3. The molecule has 0 spiro atoms. The lowest BCUT2D eigenvalue weighted by Crippen LogP contribution is -2.48. The van der Waals surface area contributed by atoms with Gasteiger partial charge in [-0.3, -0.25) is 14.4 Å². The topological polar surface area (TPSA) is 74.7 Å². The van der Waals surface area contributed by atoms with Crippen LogP contribution in [0.5, 0.6) is 0 Å². The second-order valence-corrected chi connectivity index (χ2v) is 7.50. The molecule has 1 N–H and O–H groups in total. The number of aliphatic carboxylic acids is 1. The molecule has 1 amide bonds. The van der Waals surface area contributed by atoms with E-state index in [2.05, 4.69) is 0 Å². The van der Waals surface area contributed by atoms with Gasteiger partial charge in [0.15, 0.2) is 0 Å². The predicted molar refractivity (Wildman–Crippen MR) is 95.1 cm³/mol. The largest absolute Gasteiger partial charge is 0.481 e. The van der Waals surface area contributed by atoms with Gasteiger partial charge in [-0.05, 0) is 37.3 Å². The van der Waals surface area contributed by atoms with Gasteiger partial charge in [0.2, 0.25) is 5.78 Å². The number of carboxylic acids is 1. The Morgan fingerprint density at radius 2 is 1.84 bits per heavy atom. The number of carbonyl (C=O) groups excluding carboxylic acids is 2. The Morgan fingerprint density at radius 3 is 2.48 bits per heavy atom. The summed E-state index contributed by atoms with van der Waals surface area (Å²) in [4.78, 5) is 39.3. The summed E-state index contributed by atoms with van der Waals surface area (Å²) in [5.41, 5.74) is -0.256. The van der Waals surface area contributed by atoms with Crippen molar-refractivity contribution in [1.29, 1.82) is 0 Å². The number of benzene rings is 1.